The number of nitrogens with one attached hydrogen (secondary N) is 2. The number of hydrogen-bond acceptors (Lipinski definition) is 2. The summed E-state index contributed by atoms with van der Waals surface area (Å²) in [7, 11) is 0. The summed E-state index contributed by atoms with van der Waals surface area (Å²) in [6, 6.07) is 5.72. The molecule has 1 aliphatic rings. The predicted molar refractivity (Wildman–Crippen MR) is 79.4 cm³/mol. The third kappa shape index (κ3) is 3.56. The van der Waals surface area contributed by atoms with Crippen LogP contribution in [0.25, 0.3) is 0 Å². The van der Waals surface area contributed by atoms with Gasteiger partial charge in [0.2, 0.25) is 11.8 Å². The number of rotatable bonds is 3. The van der Waals surface area contributed by atoms with Crippen LogP contribution < -0.4 is 10.6 Å². The third-order valence-electron chi connectivity index (χ3n) is 2.95. The quantitative estimate of drug-likeness (QED) is 0.660. The molecular formula is C14H17BrN2O2. The maximum Gasteiger partial charge on any atom is 0.233 e. The molecule has 102 valence electrons. The van der Waals surface area contributed by atoms with E-state index in [1.54, 1.807) is 0 Å². The van der Waals surface area contributed by atoms with Gasteiger partial charge in [-0.25, -0.2) is 0 Å². The second-order valence-corrected chi connectivity index (χ2v) is 6.28. The van der Waals surface area contributed by atoms with Crippen LogP contribution in [0, 0.1) is 5.92 Å². The number of benzene rings is 1. The molecule has 0 bridgehead atoms. The lowest BCUT2D eigenvalue weighted by Crippen LogP contribution is -2.16. The zero-order valence-electron chi connectivity index (χ0n) is 11.0. The molecule has 1 aromatic carbocycles. The summed E-state index contributed by atoms with van der Waals surface area (Å²) in [4.78, 5) is 23.2. The van der Waals surface area contributed by atoms with Crippen molar-refractivity contribution in [1.82, 2.24) is 0 Å². The van der Waals surface area contributed by atoms with Crippen molar-refractivity contribution in [2.75, 3.05) is 10.6 Å². The van der Waals surface area contributed by atoms with Crippen molar-refractivity contribution < 1.29 is 9.59 Å². The molecular weight excluding hydrogens is 308 g/mol. The van der Waals surface area contributed by atoms with Crippen molar-refractivity contribution in [3.05, 3.63) is 23.8 Å². The monoisotopic (exact) mass is 324 g/mol. The van der Waals surface area contributed by atoms with Crippen molar-refractivity contribution in [2.24, 2.45) is 5.92 Å². The van der Waals surface area contributed by atoms with Gasteiger partial charge < -0.3 is 10.6 Å². The number of fused-ring (bicyclic) bond motifs is 1. The summed E-state index contributed by atoms with van der Waals surface area (Å²) in [6.07, 6.45) is 0.882. The van der Waals surface area contributed by atoms with Gasteiger partial charge in [-0.2, -0.15) is 0 Å². The summed E-state index contributed by atoms with van der Waals surface area (Å²) >= 11 is 3.66. The van der Waals surface area contributed by atoms with Crippen LogP contribution in [0.4, 0.5) is 11.4 Å². The Bertz CT molecular complexity index is 514. The molecule has 0 radical (unpaired) electrons. The van der Waals surface area contributed by atoms with E-state index < -0.39 is 0 Å². The normalized spacial score (nSPS) is 16.4. The summed E-state index contributed by atoms with van der Waals surface area (Å²) in [5.41, 5.74) is 2.43. The third-order valence-corrected chi connectivity index (χ3v) is 3.86. The molecule has 0 saturated heterocycles. The van der Waals surface area contributed by atoms with E-state index in [1.807, 2.05) is 18.2 Å². The number of anilines is 2. The molecule has 0 aromatic heterocycles. The molecule has 0 aliphatic carbocycles. The van der Waals surface area contributed by atoms with Gasteiger partial charge in [0.25, 0.3) is 0 Å². The van der Waals surface area contributed by atoms with Crippen LogP contribution in [0.15, 0.2) is 18.2 Å². The van der Waals surface area contributed by atoms with Gasteiger partial charge >= 0.3 is 0 Å². The topological polar surface area (TPSA) is 58.2 Å². The number of amides is 2. The maximum atomic E-state index is 11.5. The van der Waals surface area contributed by atoms with Crippen molar-refractivity contribution >= 4 is 39.1 Å². The van der Waals surface area contributed by atoms with Crippen molar-refractivity contribution in [1.29, 1.82) is 0 Å². The fourth-order valence-corrected chi connectivity index (χ4v) is 3.09. The first-order valence-electron chi connectivity index (χ1n) is 6.33. The second-order valence-electron chi connectivity index (χ2n) is 5.18. The van der Waals surface area contributed by atoms with E-state index in [0.29, 0.717) is 17.3 Å². The first-order valence-corrected chi connectivity index (χ1v) is 7.25. The molecule has 1 aliphatic heterocycles. The van der Waals surface area contributed by atoms with E-state index in [2.05, 4.69) is 40.4 Å². The van der Waals surface area contributed by atoms with Gasteiger partial charge in [0.1, 0.15) is 6.42 Å². The second kappa shape index (κ2) is 5.74. The van der Waals surface area contributed by atoms with E-state index in [0.717, 1.165) is 12.0 Å². The van der Waals surface area contributed by atoms with Gasteiger partial charge in [-0.05, 0) is 30.0 Å². The first-order chi connectivity index (χ1) is 8.95. The first kappa shape index (κ1) is 14.1. The van der Waals surface area contributed by atoms with Crippen molar-refractivity contribution in [3.8, 4) is 0 Å². The molecule has 2 rings (SSSR count). The SMILES string of the molecule is CC(C)CC(Br)c1ccc2c(c1)NC(=O)CC(=O)N2. The van der Waals surface area contributed by atoms with Gasteiger partial charge in [-0.1, -0.05) is 35.8 Å². The number of hydrogen-bond donors (Lipinski definition) is 2. The van der Waals surface area contributed by atoms with E-state index in [-0.39, 0.29) is 23.1 Å². The Labute approximate surface area is 121 Å². The van der Waals surface area contributed by atoms with Gasteiger partial charge in [0.15, 0.2) is 0 Å². The van der Waals surface area contributed by atoms with Crippen molar-refractivity contribution in [2.45, 2.75) is 31.5 Å². The number of carbonyl (C=O) groups excluding carboxylic acids is 2. The van der Waals surface area contributed by atoms with Crippen LogP contribution in [0.3, 0.4) is 0 Å². The predicted octanol–water partition coefficient (Wildman–Crippen LogP) is 3.45. The average molecular weight is 325 g/mol. The molecule has 19 heavy (non-hydrogen) atoms. The van der Waals surface area contributed by atoms with Crippen LogP contribution in [0.5, 0.6) is 0 Å². The van der Waals surface area contributed by atoms with E-state index in [1.165, 1.54) is 0 Å². The number of halogens is 1. The molecule has 5 heteroatoms. The van der Waals surface area contributed by atoms with Crippen LogP contribution in [0.2, 0.25) is 0 Å². The van der Waals surface area contributed by atoms with E-state index in [4.69, 9.17) is 0 Å². The Hall–Kier alpha value is -1.36. The lowest BCUT2D eigenvalue weighted by molar-refractivity contribution is -0.123. The minimum atomic E-state index is -0.276. The molecule has 1 unspecified atom stereocenters. The minimum absolute atomic E-state index is 0.131. The van der Waals surface area contributed by atoms with E-state index in [9.17, 15) is 9.59 Å². The number of alkyl halides is 1. The highest BCUT2D eigenvalue weighted by molar-refractivity contribution is 9.09. The Morgan fingerprint density at radius 2 is 1.79 bits per heavy atom. The van der Waals surface area contributed by atoms with Crippen molar-refractivity contribution in [3.63, 3.8) is 0 Å². The molecule has 2 amide bonds. The molecule has 2 N–H and O–H groups in total. The van der Waals surface area contributed by atoms with Crippen LogP contribution in [0.1, 0.15) is 37.1 Å². The summed E-state index contributed by atoms with van der Waals surface area (Å²) in [5, 5.41) is 5.48. The smallest absolute Gasteiger partial charge is 0.233 e. The minimum Gasteiger partial charge on any atom is -0.324 e. The standard InChI is InChI=1S/C14H17BrN2O2/c1-8(2)5-10(15)9-3-4-11-12(6-9)17-14(19)7-13(18)16-11/h3-4,6,8,10H,5,7H2,1-2H3,(H,16,18)(H,17,19). The van der Waals surface area contributed by atoms with Gasteiger partial charge in [0.05, 0.1) is 11.4 Å². The summed E-state index contributed by atoms with van der Waals surface area (Å²) in [5.74, 6) is 0.0300. The molecule has 1 aromatic rings. The largest absolute Gasteiger partial charge is 0.324 e. The number of carbonyl (C=O) groups is 2. The molecule has 0 saturated carbocycles. The van der Waals surface area contributed by atoms with Gasteiger partial charge in [0, 0.05) is 4.83 Å². The van der Waals surface area contributed by atoms with Crippen LogP contribution >= 0.6 is 15.9 Å². The summed E-state index contributed by atoms with van der Waals surface area (Å²) < 4.78 is 0. The Morgan fingerprint density at radius 1 is 1.16 bits per heavy atom. The van der Waals surface area contributed by atoms with Gasteiger partial charge in [-0.3, -0.25) is 9.59 Å². The molecule has 0 spiro atoms. The highest BCUT2D eigenvalue weighted by Gasteiger charge is 2.19. The maximum absolute atomic E-state index is 11.5. The molecule has 1 heterocycles. The zero-order chi connectivity index (χ0) is 14.0. The highest BCUT2D eigenvalue weighted by atomic mass is 79.9. The molecule has 0 fully saturated rings. The average Bonchev–Trinajstić information content (AvgIpc) is 2.43. The van der Waals surface area contributed by atoms with Crippen LogP contribution in [-0.4, -0.2) is 11.8 Å². The highest BCUT2D eigenvalue weighted by Crippen LogP contribution is 2.34. The zero-order valence-corrected chi connectivity index (χ0v) is 12.6. The lowest BCUT2D eigenvalue weighted by atomic mass is 10.0. The lowest BCUT2D eigenvalue weighted by Gasteiger charge is -2.15. The van der Waals surface area contributed by atoms with E-state index >= 15 is 0 Å². The Kier molecular flexibility index (Phi) is 4.24. The fraction of sp³-hybridized carbons (Fsp3) is 0.429. The molecule has 4 nitrogen and oxygen atoms in total. The Balaban J connectivity index is 2.27. The molecule has 1 atom stereocenters. The Morgan fingerprint density at radius 3 is 2.42 bits per heavy atom. The fourth-order valence-electron chi connectivity index (χ4n) is 2.05. The van der Waals surface area contributed by atoms with Crippen LogP contribution in [-0.2, 0) is 9.59 Å². The summed E-state index contributed by atoms with van der Waals surface area (Å²) in [6.45, 7) is 4.33. The van der Waals surface area contributed by atoms with Gasteiger partial charge in [-0.15, -0.1) is 0 Å².